The molecule has 2 amide bonds. The van der Waals surface area contributed by atoms with E-state index in [1.165, 1.54) is 36.4 Å². The quantitative estimate of drug-likeness (QED) is 0.253. The van der Waals surface area contributed by atoms with Crippen molar-refractivity contribution in [3.05, 3.63) is 83.6 Å². The van der Waals surface area contributed by atoms with Gasteiger partial charge in [0.15, 0.2) is 0 Å². The highest BCUT2D eigenvalue weighted by atomic mass is 32.2. The van der Waals surface area contributed by atoms with E-state index in [9.17, 15) is 22.8 Å². The fourth-order valence-corrected chi connectivity index (χ4v) is 4.94. The van der Waals surface area contributed by atoms with E-state index >= 15 is 0 Å². The molecule has 1 heterocycles. The van der Waals surface area contributed by atoms with Gasteiger partial charge in [0.1, 0.15) is 11.9 Å². The first-order valence-electron chi connectivity index (χ1n) is 13.6. The first kappa shape index (κ1) is 32.1. The van der Waals surface area contributed by atoms with Crippen molar-refractivity contribution in [1.82, 2.24) is 15.0 Å². The van der Waals surface area contributed by atoms with E-state index in [0.29, 0.717) is 25.8 Å². The normalized spacial score (nSPS) is 11.0. The van der Waals surface area contributed by atoms with Crippen LogP contribution in [0.5, 0.6) is 11.6 Å². The lowest BCUT2D eigenvalue weighted by molar-refractivity contribution is 0.0490. The first-order chi connectivity index (χ1) is 20.1. The second-order valence-corrected chi connectivity index (χ2v) is 11.0. The molecule has 0 saturated carbocycles. The van der Waals surface area contributed by atoms with E-state index in [0.717, 1.165) is 30.4 Å². The van der Waals surface area contributed by atoms with Crippen LogP contribution in [0.3, 0.4) is 0 Å². The van der Waals surface area contributed by atoms with Gasteiger partial charge in [-0.05, 0) is 67.3 Å². The molecule has 0 spiro atoms. The fourth-order valence-electron chi connectivity index (χ4n) is 3.97. The number of benzene rings is 2. The predicted octanol–water partition coefficient (Wildman–Crippen LogP) is 4.67. The minimum atomic E-state index is -4.24. The molecule has 0 atom stereocenters. The van der Waals surface area contributed by atoms with Gasteiger partial charge >= 0.3 is 6.16 Å². The lowest BCUT2D eigenvalue weighted by Crippen LogP contribution is -2.31. The molecular weight excluding hydrogens is 562 g/mol. The molecule has 12 heteroatoms. The number of methoxy groups -OCH3 is 1. The molecule has 11 nitrogen and oxygen atoms in total. The minimum Gasteiger partial charge on any atom is -0.497 e. The molecule has 2 N–H and O–H groups in total. The Morgan fingerprint density at radius 1 is 0.857 bits per heavy atom. The van der Waals surface area contributed by atoms with E-state index in [-0.39, 0.29) is 33.9 Å². The maximum atomic E-state index is 12.7. The van der Waals surface area contributed by atoms with Crippen molar-refractivity contribution in [3.8, 4) is 11.6 Å². The molecule has 3 rings (SSSR count). The van der Waals surface area contributed by atoms with Gasteiger partial charge in [-0.15, -0.1) is 0 Å². The number of nitrogens with zero attached hydrogens (tertiary/aromatic N) is 1. The Balaban J connectivity index is 1.52. The average Bonchev–Trinajstić information content (AvgIpc) is 2.98. The van der Waals surface area contributed by atoms with Gasteiger partial charge < -0.3 is 19.5 Å². The van der Waals surface area contributed by atoms with Crippen LogP contribution in [-0.4, -0.2) is 51.1 Å². The van der Waals surface area contributed by atoms with Gasteiger partial charge in [-0.1, -0.05) is 38.8 Å². The summed E-state index contributed by atoms with van der Waals surface area (Å²) in [5.41, 5.74) is 1.22. The summed E-state index contributed by atoms with van der Waals surface area (Å²) in [4.78, 5) is 40.8. The third kappa shape index (κ3) is 9.58. The maximum Gasteiger partial charge on any atom is 0.515 e. The summed E-state index contributed by atoms with van der Waals surface area (Å²) in [6, 6.07) is 15.2. The summed E-state index contributed by atoms with van der Waals surface area (Å²) in [6.07, 6.45) is 3.68. The Hall–Kier alpha value is -4.45. The van der Waals surface area contributed by atoms with Crippen molar-refractivity contribution in [3.63, 3.8) is 0 Å². The van der Waals surface area contributed by atoms with Crippen LogP contribution < -0.4 is 19.5 Å². The molecule has 3 aromatic rings. The number of carbonyl (C=O) groups is 3. The molecule has 42 heavy (non-hydrogen) atoms. The van der Waals surface area contributed by atoms with Gasteiger partial charge in [0.25, 0.3) is 21.8 Å². The number of hydrogen-bond donors (Lipinski definition) is 2. The Morgan fingerprint density at radius 3 is 2.07 bits per heavy atom. The highest BCUT2D eigenvalue weighted by Gasteiger charge is 2.20. The monoisotopic (exact) mass is 597 g/mol. The van der Waals surface area contributed by atoms with Crippen molar-refractivity contribution >= 4 is 28.0 Å². The van der Waals surface area contributed by atoms with Gasteiger partial charge in [0, 0.05) is 24.4 Å². The third-order valence-electron chi connectivity index (χ3n) is 6.18. The molecule has 0 bridgehead atoms. The Bertz CT molecular complexity index is 1440. The third-order valence-corrected chi connectivity index (χ3v) is 7.53. The fraction of sp³-hybridized carbons (Fsp3) is 0.333. The summed E-state index contributed by atoms with van der Waals surface area (Å²) in [6.45, 7) is 4.37. The summed E-state index contributed by atoms with van der Waals surface area (Å²) >= 11 is 0. The molecule has 2 aromatic carbocycles. The van der Waals surface area contributed by atoms with E-state index < -0.39 is 22.1 Å². The lowest BCUT2D eigenvalue weighted by atomic mass is 10.1. The molecule has 0 saturated heterocycles. The highest BCUT2D eigenvalue weighted by Crippen LogP contribution is 2.15. The molecule has 0 aliphatic carbocycles. The number of carbonyl (C=O) groups excluding carboxylic acids is 3. The van der Waals surface area contributed by atoms with Gasteiger partial charge in [0.2, 0.25) is 5.88 Å². The standard InChI is InChI=1S/C30H35N3O8S/c1-4-6-25(7-5-2)40-30(36)41-27-17-12-23(20-32-27)29(35)33-42(37,38)26-15-10-22(11-16-26)28(34)31-19-18-21-8-13-24(39-3)14-9-21/h8-17,20,25H,4-7,18-19H2,1-3H3,(H,31,34)(H,33,35). The van der Waals surface area contributed by atoms with Crippen LogP contribution in [0.15, 0.2) is 71.8 Å². The van der Waals surface area contributed by atoms with Crippen LogP contribution in [0.1, 0.15) is 65.8 Å². The summed E-state index contributed by atoms with van der Waals surface area (Å²) in [5.74, 6) is -0.637. The van der Waals surface area contributed by atoms with Gasteiger partial charge in [-0.2, -0.15) is 0 Å². The van der Waals surface area contributed by atoms with Gasteiger partial charge in [0.05, 0.1) is 17.6 Å². The number of aromatic nitrogens is 1. The second kappa shape index (κ2) is 15.5. The number of nitrogens with one attached hydrogen (secondary N) is 2. The van der Waals surface area contributed by atoms with Crippen molar-refractivity contribution in [2.45, 2.75) is 57.0 Å². The van der Waals surface area contributed by atoms with Gasteiger partial charge in [-0.3, -0.25) is 9.59 Å². The van der Waals surface area contributed by atoms with Crippen molar-refractivity contribution in [1.29, 1.82) is 0 Å². The SMILES string of the molecule is CCCC(CCC)OC(=O)Oc1ccc(C(=O)NS(=O)(=O)c2ccc(C(=O)NCCc3ccc(OC)cc3)cc2)cn1. The summed E-state index contributed by atoms with van der Waals surface area (Å²) in [7, 11) is -2.65. The molecule has 0 radical (unpaired) electrons. The molecule has 0 fully saturated rings. The maximum absolute atomic E-state index is 12.7. The van der Waals surface area contributed by atoms with Crippen molar-refractivity contribution in [2.24, 2.45) is 0 Å². The Morgan fingerprint density at radius 2 is 1.50 bits per heavy atom. The number of rotatable bonds is 14. The molecule has 0 unspecified atom stereocenters. The smallest absolute Gasteiger partial charge is 0.497 e. The second-order valence-electron chi connectivity index (χ2n) is 9.37. The number of ether oxygens (including phenoxy) is 3. The number of hydrogen-bond acceptors (Lipinski definition) is 9. The number of pyridine rings is 1. The Kier molecular flexibility index (Phi) is 11.9. The molecule has 0 aliphatic rings. The van der Waals surface area contributed by atoms with Crippen LogP contribution in [0.25, 0.3) is 0 Å². The van der Waals surface area contributed by atoms with Crippen molar-refractivity contribution in [2.75, 3.05) is 13.7 Å². The van der Waals surface area contributed by atoms with E-state index in [4.69, 9.17) is 14.2 Å². The zero-order chi connectivity index (χ0) is 30.5. The van der Waals surface area contributed by atoms with Crippen LogP contribution in [0.2, 0.25) is 0 Å². The molecule has 224 valence electrons. The largest absolute Gasteiger partial charge is 0.515 e. The lowest BCUT2D eigenvalue weighted by Gasteiger charge is -2.15. The zero-order valence-corrected chi connectivity index (χ0v) is 24.6. The number of amides is 2. The highest BCUT2D eigenvalue weighted by molar-refractivity contribution is 7.90. The van der Waals surface area contributed by atoms with Crippen LogP contribution in [0, 0.1) is 0 Å². The van der Waals surface area contributed by atoms with Gasteiger partial charge in [-0.25, -0.2) is 22.9 Å². The summed E-state index contributed by atoms with van der Waals surface area (Å²) in [5, 5.41) is 2.79. The van der Waals surface area contributed by atoms with E-state index in [1.807, 2.05) is 42.8 Å². The topological polar surface area (TPSA) is 150 Å². The average molecular weight is 598 g/mol. The van der Waals surface area contributed by atoms with Crippen LogP contribution in [0.4, 0.5) is 4.79 Å². The molecule has 1 aromatic heterocycles. The van der Waals surface area contributed by atoms with Crippen molar-refractivity contribution < 1.29 is 37.0 Å². The zero-order valence-electron chi connectivity index (χ0n) is 23.8. The Labute approximate surface area is 245 Å². The van der Waals surface area contributed by atoms with Crippen LogP contribution in [-0.2, 0) is 21.2 Å². The van der Waals surface area contributed by atoms with E-state index in [1.54, 1.807) is 7.11 Å². The van der Waals surface area contributed by atoms with Crippen LogP contribution >= 0.6 is 0 Å². The predicted molar refractivity (Wildman–Crippen MR) is 155 cm³/mol. The molecule has 0 aliphatic heterocycles. The minimum absolute atomic E-state index is 0.0676. The number of sulfonamides is 1. The van der Waals surface area contributed by atoms with E-state index in [2.05, 4.69) is 10.3 Å². The summed E-state index contributed by atoms with van der Waals surface area (Å²) < 4.78 is 43.0. The molecular formula is C30H35N3O8S. The first-order valence-corrected chi connectivity index (χ1v) is 15.1.